The van der Waals surface area contributed by atoms with Crippen LogP contribution in [-0.2, 0) is 11.2 Å². The lowest BCUT2D eigenvalue weighted by molar-refractivity contribution is 0.00507. The minimum atomic E-state index is -0.584. The van der Waals surface area contributed by atoms with Gasteiger partial charge >= 0.3 is 0 Å². The van der Waals surface area contributed by atoms with Crippen LogP contribution in [-0.4, -0.2) is 30.5 Å². The Morgan fingerprint density at radius 1 is 1.15 bits per heavy atom. The Labute approximate surface area is 122 Å². The van der Waals surface area contributed by atoms with Crippen molar-refractivity contribution in [1.82, 2.24) is 0 Å². The maximum Gasteiger partial charge on any atom is 0.0927 e. The number of hydrogen-bond donors (Lipinski definition) is 2. The second-order valence-electron chi connectivity index (χ2n) is 5.96. The Morgan fingerprint density at radius 3 is 2.55 bits per heavy atom. The van der Waals surface area contributed by atoms with Crippen LogP contribution in [0.1, 0.15) is 37.7 Å². The monoisotopic (exact) mass is 277 g/mol. The number of aliphatic hydroxyl groups is 1. The summed E-state index contributed by atoms with van der Waals surface area (Å²) in [4.78, 5) is 0. The summed E-state index contributed by atoms with van der Waals surface area (Å²) >= 11 is 0. The quantitative estimate of drug-likeness (QED) is 0.805. The Morgan fingerprint density at radius 2 is 1.85 bits per heavy atom. The van der Waals surface area contributed by atoms with Crippen LogP contribution < -0.4 is 5.73 Å². The Kier molecular flexibility index (Phi) is 6.51. The first-order valence-corrected chi connectivity index (χ1v) is 7.81. The summed E-state index contributed by atoms with van der Waals surface area (Å²) in [5.74, 6) is 0.682. The van der Waals surface area contributed by atoms with Gasteiger partial charge in [0, 0.05) is 12.6 Å². The number of benzene rings is 1. The van der Waals surface area contributed by atoms with Gasteiger partial charge in [0.25, 0.3) is 0 Å². The van der Waals surface area contributed by atoms with Crippen molar-refractivity contribution in [2.45, 2.75) is 50.7 Å². The maximum absolute atomic E-state index is 10.1. The van der Waals surface area contributed by atoms with E-state index in [1.807, 2.05) is 30.3 Å². The second kappa shape index (κ2) is 8.40. The first-order valence-electron chi connectivity index (χ1n) is 7.81. The Balaban J connectivity index is 1.64. The number of ether oxygens (including phenoxy) is 1. The molecule has 0 heterocycles. The molecule has 0 amide bonds. The highest BCUT2D eigenvalue weighted by atomic mass is 16.5. The van der Waals surface area contributed by atoms with Crippen molar-refractivity contribution in [1.29, 1.82) is 0 Å². The molecule has 1 aromatic rings. The minimum Gasteiger partial charge on any atom is -0.389 e. The zero-order valence-electron chi connectivity index (χ0n) is 12.2. The smallest absolute Gasteiger partial charge is 0.0927 e. The maximum atomic E-state index is 10.1. The van der Waals surface area contributed by atoms with Crippen molar-refractivity contribution in [3.8, 4) is 0 Å². The molecular weight excluding hydrogens is 250 g/mol. The molecule has 1 aromatic carbocycles. The van der Waals surface area contributed by atoms with Crippen LogP contribution in [0.3, 0.4) is 0 Å². The van der Waals surface area contributed by atoms with E-state index in [4.69, 9.17) is 10.5 Å². The molecule has 3 heteroatoms. The molecule has 2 unspecified atom stereocenters. The molecule has 0 aliphatic heterocycles. The molecule has 1 saturated carbocycles. The molecule has 20 heavy (non-hydrogen) atoms. The summed E-state index contributed by atoms with van der Waals surface area (Å²) in [6, 6.07) is 9.79. The lowest BCUT2D eigenvalue weighted by atomic mass is 9.90. The summed E-state index contributed by atoms with van der Waals surface area (Å²) in [7, 11) is 0. The molecule has 0 saturated heterocycles. The molecule has 3 N–H and O–H groups in total. The molecule has 1 aliphatic carbocycles. The summed E-state index contributed by atoms with van der Waals surface area (Å²) in [5, 5.41) is 10.1. The molecule has 3 nitrogen and oxygen atoms in total. The van der Waals surface area contributed by atoms with Crippen molar-refractivity contribution in [3.63, 3.8) is 0 Å². The average molecular weight is 277 g/mol. The van der Waals surface area contributed by atoms with Crippen molar-refractivity contribution in [2.75, 3.05) is 13.2 Å². The van der Waals surface area contributed by atoms with E-state index in [-0.39, 0.29) is 6.04 Å². The molecule has 1 aliphatic rings. The van der Waals surface area contributed by atoms with Gasteiger partial charge < -0.3 is 15.6 Å². The van der Waals surface area contributed by atoms with Crippen LogP contribution >= 0.6 is 0 Å². The molecule has 112 valence electrons. The third-order valence-corrected chi connectivity index (χ3v) is 4.18. The van der Waals surface area contributed by atoms with Crippen molar-refractivity contribution < 1.29 is 9.84 Å². The van der Waals surface area contributed by atoms with Crippen molar-refractivity contribution in [2.24, 2.45) is 11.7 Å². The van der Waals surface area contributed by atoms with E-state index in [2.05, 4.69) is 0 Å². The highest BCUT2D eigenvalue weighted by Gasteiger charge is 2.18. The van der Waals surface area contributed by atoms with Crippen LogP contribution in [0, 0.1) is 5.92 Å². The summed E-state index contributed by atoms with van der Waals surface area (Å²) < 4.78 is 5.66. The molecule has 0 spiro atoms. The lowest BCUT2D eigenvalue weighted by Gasteiger charge is -2.23. The molecule has 2 rings (SSSR count). The van der Waals surface area contributed by atoms with E-state index < -0.39 is 6.10 Å². The van der Waals surface area contributed by atoms with Crippen LogP contribution in [0.4, 0.5) is 0 Å². The van der Waals surface area contributed by atoms with Gasteiger partial charge in [-0.1, -0.05) is 49.6 Å². The largest absolute Gasteiger partial charge is 0.389 e. The number of nitrogens with two attached hydrogens (primary N) is 1. The van der Waals surface area contributed by atoms with Crippen LogP contribution in [0.5, 0.6) is 0 Å². The fourth-order valence-electron chi connectivity index (χ4n) is 2.86. The molecule has 0 aromatic heterocycles. The highest BCUT2D eigenvalue weighted by Crippen LogP contribution is 2.23. The van der Waals surface area contributed by atoms with Gasteiger partial charge in [0.2, 0.25) is 0 Å². The molecule has 0 bridgehead atoms. The fraction of sp³-hybridized carbons (Fsp3) is 0.647. The van der Waals surface area contributed by atoms with E-state index in [1.165, 1.54) is 32.1 Å². The first kappa shape index (κ1) is 15.5. The van der Waals surface area contributed by atoms with Crippen LogP contribution in [0.2, 0.25) is 0 Å². The Hall–Kier alpha value is -0.900. The van der Waals surface area contributed by atoms with Gasteiger partial charge in [-0.15, -0.1) is 0 Å². The molecule has 2 atom stereocenters. The van der Waals surface area contributed by atoms with Gasteiger partial charge in [-0.05, 0) is 30.7 Å². The minimum absolute atomic E-state index is 0.260. The molecular formula is C17H27NO2. The second-order valence-corrected chi connectivity index (χ2v) is 5.96. The zero-order valence-corrected chi connectivity index (χ0v) is 12.2. The Bertz CT molecular complexity index is 363. The normalized spacial score (nSPS) is 19.7. The van der Waals surface area contributed by atoms with Gasteiger partial charge in [0.15, 0.2) is 0 Å². The van der Waals surface area contributed by atoms with Gasteiger partial charge in [0.1, 0.15) is 0 Å². The average Bonchev–Trinajstić information content (AvgIpc) is 2.49. The van der Waals surface area contributed by atoms with E-state index in [0.717, 1.165) is 12.2 Å². The summed E-state index contributed by atoms with van der Waals surface area (Å²) in [6.07, 6.45) is 6.65. The van der Waals surface area contributed by atoms with E-state index in [9.17, 15) is 5.11 Å². The topological polar surface area (TPSA) is 55.5 Å². The zero-order chi connectivity index (χ0) is 14.2. The van der Waals surface area contributed by atoms with Gasteiger partial charge in [0.05, 0.1) is 12.7 Å². The number of hydrogen-bond acceptors (Lipinski definition) is 3. The third-order valence-electron chi connectivity index (χ3n) is 4.18. The predicted molar refractivity (Wildman–Crippen MR) is 81.5 cm³/mol. The number of rotatable bonds is 7. The van der Waals surface area contributed by atoms with Gasteiger partial charge in [-0.3, -0.25) is 0 Å². The van der Waals surface area contributed by atoms with Crippen molar-refractivity contribution in [3.05, 3.63) is 35.9 Å². The standard InChI is InChI=1S/C17H27NO2/c18-16(11-14-7-3-1-4-8-14)17(19)13-20-12-15-9-5-2-6-10-15/h1,3-4,7-8,15-17,19H,2,5-6,9-13,18H2. The SMILES string of the molecule is NC(Cc1ccccc1)C(O)COCC1CCCCC1. The third kappa shape index (κ3) is 5.23. The first-order chi connectivity index (χ1) is 9.75. The number of aliphatic hydroxyl groups excluding tert-OH is 1. The van der Waals surface area contributed by atoms with Crippen LogP contribution in [0.15, 0.2) is 30.3 Å². The van der Waals surface area contributed by atoms with Gasteiger partial charge in [-0.25, -0.2) is 0 Å². The predicted octanol–water partition coefficient (Wildman–Crippen LogP) is 2.51. The van der Waals surface area contributed by atoms with Gasteiger partial charge in [-0.2, -0.15) is 0 Å². The summed E-state index contributed by atoms with van der Waals surface area (Å²) in [6.45, 7) is 1.12. The summed E-state index contributed by atoms with van der Waals surface area (Å²) in [5.41, 5.74) is 7.20. The fourth-order valence-corrected chi connectivity index (χ4v) is 2.86. The molecule has 1 fully saturated rings. The van der Waals surface area contributed by atoms with E-state index in [0.29, 0.717) is 18.9 Å². The molecule has 0 radical (unpaired) electrons. The highest BCUT2D eigenvalue weighted by molar-refractivity contribution is 5.16. The van der Waals surface area contributed by atoms with E-state index in [1.54, 1.807) is 0 Å². The van der Waals surface area contributed by atoms with Crippen LogP contribution in [0.25, 0.3) is 0 Å². The lowest BCUT2D eigenvalue weighted by Crippen LogP contribution is -2.40. The van der Waals surface area contributed by atoms with E-state index >= 15 is 0 Å². The van der Waals surface area contributed by atoms with Crippen molar-refractivity contribution >= 4 is 0 Å².